The van der Waals surface area contributed by atoms with Crippen molar-refractivity contribution < 1.29 is 14.1 Å². The summed E-state index contributed by atoms with van der Waals surface area (Å²) in [6, 6.07) is 19.0. The van der Waals surface area contributed by atoms with Crippen molar-refractivity contribution in [2.75, 3.05) is 4.90 Å². The van der Waals surface area contributed by atoms with Crippen molar-refractivity contribution in [3.8, 4) is 11.3 Å². The number of anilines is 1. The third-order valence-electron chi connectivity index (χ3n) is 4.07. The van der Waals surface area contributed by atoms with Crippen LogP contribution in [0.25, 0.3) is 17.4 Å². The Labute approximate surface area is 169 Å². The highest BCUT2D eigenvalue weighted by molar-refractivity contribution is 8.27. The molecule has 138 valence electrons. The van der Waals surface area contributed by atoms with Gasteiger partial charge in [0.1, 0.15) is 11.5 Å². The first-order valence-corrected chi connectivity index (χ1v) is 9.43. The number of amides is 1. The number of non-ortho nitro benzene ring substituents is 1. The number of thiocarbonyl (C=S) groups is 1. The summed E-state index contributed by atoms with van der Waals surface area (Å²) in [5.41, 5.74) is 1.38. The summed E-state index contributed by atoms with van der Waals surface area (Å²) in [6.07, 6.45) is 1.65. The minimum atomic E-state index is -0.491. The lowest BCUT2D eigenvalue weighted by atomic mass is 10.2. The van der Waals surface area contributed by atoms with Crippen LogP contribution in [0.2, 0.25) is 0 Å². The van der Waals surface area contributed by atoms with E-state index in [4.69, 9.17) is 16.6 Å². The van der Waals surface area contributed by atoms with Crippen LogP contribution in [0.15, 0.2) is 76.1 Å². The van der Waals surface area contributed by atoms with Crippen molar-refractivity contribution in [3.05, 3.63) is 87.5 Å². The standard InChI is InChI=1S/C20H12N2O4S2/c23-19-18(12-16-10-11-17(26-16)13-4-2-1-3-5-13)28-20(27)21(19)14-6-8-15(9-7-14)22(24)25/h1-12H/b18-12+. The molecule has 2 aromatic carbocycles. The van der Waals surface area contributed by atoms with Crippen LogP contribution < -0.4 is 4.90 Å². The first-order chi connectivity index (χ1) is 13.5. The molecule has 1 aliphatic heterocycles. The molecule has 6 nitrogen and oxygen atoms in total. The first kappa shape index (κ1) is 18.1. The maximum absolute atomic E-state index is 12.8. The topological polar surface area (TPSA) is 76.6 Å². The summed E-state index contributed by atoms with van der Waals surface area (Å²) in [7, 11) is 0. The number of carbonyl (C=O) groups excluding carboxylic acids is 1. The summed E-state index contributed by atoms with van der Waals surface area (Å²) < 4.78 is 6.18. The molecule has 28 heavy (non-hydrogen) atoms. The van der Waals surface area contributed by atoms with E-state index in [1.165, 1.54) is 29.2 Å². The fourth-order valence-corrected chi connectivity index (χ4v) is 4.01. The zero-order valence-electron chi connectivity index (χ0n) is 14.3. The number of hydrogen-bond donors (Lipinski definition) is 0. The number of nitro benzene ring substituents is 1. The summed E-state index contributed by atoms with van der Waals surface area (Å²) in [5.74, 6) is 0.960. The Balaban J connectivity index is 1.59. The van der Waals surface area contributed by atoms with Crippen molar-refractivity contribution in [2.45, 2.75) is 0 Å². The molecule has 8 heteroatoms. The number of furan rings is 1. The van der Waals surface area contributed by atoms with Crippen LogP contribution in [0, 0.1) is 10.1 Å². The van der Waals surface area contributed by atoms with Crippen LogP contribution in [0.5, 0.6) is 0 Å². The SMILES string of the molecule is O=C1/C(=C\c2ccc(-c3ccccc3)o2)SC(=S)N1c1ccc([N+](=O)[O-])cc1. The third-order valence-corrected chi connectivity index (χ3v) is 5.37. The maximum atomic E-state index is 12.8. The number of nitro groups is 1. The van der Waals surface area contributed by atoms with Gasteiger partial charge < -0.3 is 4.42 Å². The average Bonchev–Trinajstić information content (AvgIpc) is 3.27. The van der Waals surface area contributed by atoms with Gasteiger partial charge >= 0.3 is 0 Å². The van der Waals surface area contributed by atoms with Gasteiger partial charge in [-0.05, 0) is 24.3 Å². The van der Waals surface area contributed by atoms with Crippen LogP contribution in [0.3, 0.4) is 0 Å². The fourth-order valence-electron chi connectivity index (χ4n) is 2.73. The molecule has 1 saturated heterocycles. The highest BCUT2D eigenvalue weighted by Crippen LogP contribution is 2.37. The second-order valence-electron chi connectivity index (χ2n) is 5.86. The van der Waals surface area contributed by atoms with Gasteiger partial charge in [-0.25, -0.2) is 0 Å². The summed E-state index contributed by atoms with van der Waals surface area (Å²) in [6.45, 7) is 0. The van der Waals surface area contributed by atoms with Crippen LogP contribution >= 0.6 is 24.0 Å². The Morgan fingerprint density at radius 1 is 1.04 bits per heavy atom. The Morgan fingerprint density at radius 2 is 1.75 bits per heavy atom. The van der Waals surface area contributed by atoms with Gasteiger partial charge in [-0.2, -0.15) is 0 Å². The number of carbonyl (C=O) groups is 1. The second kappa shape index (κ2) is 7.41. The van der Waals surface area contributed by atoms with Gasteiger partial charge in [-0.1, -0.05) is 54.3 Å². The second-order valence-corrected chi connectivity index (χ2v) is 7.53. The van der Waals surface area contributed by atoms with Gasteiger partial charge in [-0.3, -0.25) is 19.8 Å². The summed E-state index contributed by atoms with van der Waals surface area (Å²) in [4.78, 5) is 24.9. The summed E-state index contributed by atoms with van der Waals surface area (Å²) in [5, 5.41) is 10.8. The number of thioether (sulfide) groups is 1. The lowest BCUT2D eigenvalue weighted by Crippen LogP contribution is -2.27. The molecule has 0 atom stereocenters. The number of benzene rings is 2. The van der Waals surface area contributed by atoms with Crippen molar-refractivity contribution in [1.82, 2.24) is 0 Å². The van der Waals surface area contributed by atoms with E-state index in [1.54, 1.807) is 12.1 Å². The Kier molecular flexibility index (Phi) is 4.81. The number of nitrogens with zero attached hydrogens (tertiary/aromatic N) is 2. The largest absolute Gasteiger partial charge is 0.457 e. The predicted molar refractivity (Wildman–Crippen MR) is 113 cm³/mol. The Morgan fingerprint density at radius 3 is 2.43 bits per heavy atom. The van der Waals surface area contributed by atoms with Crippen LogP contribution in [-0.4, -0.2) is 15.2 Å². The molecule has 1 aromatic heterocycles. The highest BCUT2D eigenvalue weighted by atomic mass is 32.2. The van der Waals surface area contributed by atoms with Crippen LogP contribution in [-0.2, 0) is 4.79 Å². The van der Waals surface area contributed by atoms with Gasteiger partial charge in [0.05, 0.1) is 15.5 Å². The number of hydrogen-bond acceptors (Lipinski definition) is 6. The molecule has 0 radical (unpaired) electrons. The quantitative estimate of drug-likeness (QED) is 0.254. The monoisotopic (exact) mass is 408 g/mol. The molecule has 0 N–H and O–H groups in total. The van der Waals surface area contributed by atoms with E-state index < -0.39 is 4.92 Å². The predicted octanol–water partition coefficient (Wildman–Crippen LogP) is 5.26. The molecule has 1 aliphatic rings. The van der Waals surface area contributed by atoms with Crippen LogP contribution in [0.4, 0.5) is 11.4 Å². The van der Waals surface area contributed by atoms with Gasteiger partial charge in [0.15, 0.2) is 4.32 Å². The maximum Gasteiger partial charge on any atom is 0.270 e. The molecule has 0 bridgehead atoms. The Bertz CT molecular complexity index is 1100. The molecule has 0 saturated carbocycles. The van der Waals surface area contributed by atoms with E-state index in [0.29, 0.717) is 26.4 Å². The number of rotatable bonds is 4. The average molecular weight is 408 g/mol. The zero-order valence-corrected chi connectivity index (χ0v) is 15.9. The minimum Gasteiger partial charge on any atom is -0.457 e. The van der Waals surface area contributed by atoms with Gasteiger partial charge in [-0.15, -0.1) is 0 Å². The van der Waals surface area contributed by atoms with Gasteiger partial charge in [0, 0.05) is 23.8 Å². The molecular weight excluding hydrogens is 396 g/mol. The van der Waals surface area contributed by atoms with Gasteiger partial charge in [0.2, 0.25) is 0 Å². The lowest BCUT2D eigenvalue weighted by Gasteiger charge is -2.13. The lowest BCUT2D eigenvalue weighted by molar-refractivity contribution is -0.384. The normalized spacial score (nSPS) is 15.4. The summed E-state index contributed by atoms with van der Waals surface area (Å²) >= 11 is 6.48. The minimum absolute atomic E-state index is 0.0474. The van der Waals surface area contributed by atoms with Crippen molar-refractivity contribution in [3.63, 3.8) is 0 Å². The van der Waals surface area contributed by atoms with E-state index in [9.17, 15) is 14.9 Å². The fraction of sp³-hybridized carbons (Fsp3) is 0. The third kappa shape index (κ3) is 3.47. The molecule has 1 fully saturated rings. The highest BCUT2D eigenvalue weighted by Gasteiger charge is 2.33. The molecule has 3 aromatic rings. The molecule has 0 aliphatic carbocycles. The molecule has 0 spiro atoms. The van der Waals surface area contributed by atoms with E-state index in [0.717, 1.165) is 17.3 Å². The van der Waals surface area contributed by atoms with E-state index in [2.05, 4.69) is 0 Å². The Hall–Kier alpha value is -3.23. The molecule has 2 heterocycles. The van der Waals surface area contributed by atoms with Crippen molar-refractivity contribution in [2.24, 2.45) is 0 Å². The molecular formula is C20H12N2O4S2. The first-order valence-electron chi connectivity index (χ1n) is 8.20. The zero-order chi connectivity index (χ0) is 19.7. The molecule has 0 unspecified atom stereocenters. The van der Waals surface area contributed by atoms with E-state index in [1.807, 2.05) is 36.4 Å². The van der Waals surface area contributed by atoms with Crippen molar-refractivity contribution in [1.29, 1.82) is 0 Å². The van der Waals surface area contributed by atoms with E-state index in [-0.39, 0.29) is 11.6 Å². The smallest absolute Gasteiger partial charge is 0.270 e. The van der Waals surface area contributed by atoms with Gasteiger partial charge in [0.25, 0.3) is 11.6 Å². The molecule has 1 amide bonds. The van der Waals surface area contributed by atoms with Crippen LogP contribution in [0.1, 0.15) is 5.76 Å². The van der Waals surface area contributed by atoms with Crippen molar-refractivity contribution >= 4 is 51.7 Å². The molecule has 4 rings (SSSR count). The van der Waals surface area contributed by atoms with E-state index >= 15 is 0 Å².